The van der Waals surface area contributed by atoms with Crippen LogP contribution in [0.3, 0.4) is 0 Å². The number of halogens is 1. The molecule has 1 amide bonds. The van der Waals surface area contributed by atoms with Crippen molar-refractivity contribution in [3.8, 4) is 0 Å². The molecule has 4 nitrogen and oxygen atoms in total. The molecule has 0 bridgehead atoms. The average molecular weight is 285 g/mol. The van der Waals surface area contributed by atoms with Crippen LogP contribution >= 0.6 is 11.6 Å². The van der Waals surface area contributed by atoms with Crippen molar-refractivity contribution in [3.05, 3.63) is 28.8 Å². The van der Waals surface area contributed by atoms with Crippen LogP contribution in [0.1, 0.15) is 31.1 Å². The lowest BCUT2D eigenvalue weighted by Crippen LogP contribution is -2.39. The van der Waals surface area contributed by atoms with Crippen molar-refractivity contribution < 1.29 is 9.90 Å². The number of rotatable bonds is 4. The highest BCUT2D eigenvalue weighted by molar-refractivity contribution is 6.34. The van der Waals surface area contributed by atoms with Gasteiger partial charge in [-0.1, -0.05) is 11.6 Å². The van der Waals surface area contributed by atoms with Gasteiger partial charge >= 0.3 is 0 Å². The molecule has 2 N–H and O–H groups in total. The van der Waals surface area contributed by atoms with Crippen molar-refractivity contribution in [2.75, 3.05) is 19.4 Å². The second kappa shape index (κ2) is 5.80. The average Bonchev–Trinajstić information content (AvgIpc) is 2.29. The van der Waals surface area contributed by atoms with Gasteiger partial charge < -0.3 is 15.3 Å². The van der Waals surface area contributed by atoms with E-state index in [4.69, 9.17) is 11.6 Å². The summed E-state index contributed by atoms with van der Waals surface area (Å²) in [7, 11) is 3.36. The first-order valence-electron chi connectivity index (χ1n) is 6.13. The number of hydrogen-bond donors (Lipinski definition) is 2. The molecule has 0 heterocycles. The van der Waals surface area contributed by atoms with Gasteiger partial charge in [0.25, 0.3) is 5.91 Å². The molecule has 0 radical (unpaired) electrons. The zero-order valence-electron chi connectivity index (χ0n) is 12.0. The molecular weight excluding hydrogens is 264 g/mol. The van der Waals surface area contributed by atoms with Gasteiger partial charge in [0.1, 0.15) is 0 Å². The molecule has 1 aromatic rings. The van der Waals surface area contributed by atoms with Crippen LogP contribution in [-0.2, 0) is 0 Å². The molecule has 0 saturated heterocycles. The van der Waals surface area contributed by atoms with E-state index in [1.165, 1.54) is 4.90 Å². The van der Waals surface area contributed by atoms with E-state index in [-0.39, 0.29) is 11.9 Å². The summed E-state index contributed by atoms with van der Waals surface area (Å²) in [4.78, 5) is 13.4. The molecule has 0 saturated carbocycles. The topological polar surface area (TPSA) is 52.6 Å². The van der Waals surface area contributed by atoms with E-state index in [1.54, 1.807) is 46.1 Å². The molecule has 0 aliphatic rings. The predicted molar refractivity (Wildman–Crippen MR) is 78.9 cm³/mol. The second-order valence-electron chi connectivity index (χ2n) is 5.41. The van der Waals surface area contributed by atoms with Gasteiger partial charge in [-0.2, -0.15) is 0 Å². The van der Waals surface area contributed by atoms with Crippen LogP contribution in [-0.4, -0.2) is 41.7 Å². The molecule has 0 spiro atoms. The summed E-state index contributed by atoms with van der Waals surface area (Å²) in [5.41, 5.74) is 0.342. The molecule has 0 aromatic heterocycles. The number of hydrogen-bond acceptors (Lipinski definition) is 3. The molecular formula is C14H21ClN2O2. The minimum atomic E-state index is -0.856. The van der Waals surface area contributed by atoms with Crippen LogP contribution in [0, 0.1) is 0 Å². The quantitative estimate of drug-likeness (QED) is 0.894. The van der Waals surface area contributed by atoms with Crippen molar-refractivity contribution in [2.24, 2.45) is 0 Å². The third-order valence-corrected chi connectivity index (χ3v) is 3.38. The highest BCUT2D eigenvalue weighted by Gasteiger charge is 2.22. The number of benzene rings is 1. The van der Waals surface area contributed by atoms with Gasteiger partial charge in [-0.05, 0) is 39.0 Å². The predicted octanol–water partition coefficient (Wildman–Crippen LogP) is 2.61. The number of nitrogens with one attached hydrogen (secondary N) is 1. The molecule has 1 rings (SSSR count). The third kappa shape index (κ3) is 4.11. The van der Waals surface area contributed by atoms with E-state index < -0.39 is 5.60 Å². The Hall–Kier alpha value is -1.26. The molecule has 0 aliphatic carbocycles. The maximum atomic E-state index is 12.0. The van der Waals surface area contributed by atoms with Crippen LogP contribution < -0.4 is 5.32 Å². The van der Waals surface area contributed by atoms with Crippen LogP contribution in [0.4, 0.5) is 5.69 Å². The highest BCUT2D eigenvalue weighted by Crippen LogP contribution is 2.23. The van der Waals surface area contributed by atoms with E-state index in [2.05, 4.69) is 5.32 Å². The number of aliphatic hydroxyl groups is 1. The summed E-state index contributed by atoms with van der Waals surface area (Å²) in [5.74, 6) is -0.149. The molecule has 1 aromatic carbocycles. The van der Waals surface area contributed by atoms with E-state index >= 15 is 0 Å². The smallest absolute Gasteiger partial charge is 0.254 e. The van der Waals surface area contributed by atoms with Crippen molar-refractivity contribution >= 4 is 23.2 Å². The molecule has 0 aliphatic heterocycles. The Labute approximate surface area is 119 Å². The first-order chi connectivity index (χ1) is 8.62. The van der Waals surface area contributed by atoms with Gasteiger partial charge in [0, 0.05) is 19.8 Å². The third-order valence-electron chi connectivity index (χ3n) is 3.05. The minimum Gasteiger partial charge on any atom is -0.388 e. The standard InChI is InChI=1S/C14H21ClN2O2/c1-9(14(2,3)19)16-10-6-7-12(15)11(8-10)13(18)17(4)5/h6-9,16,19H,1-5H3. The largest absolute Gasteiger partial charge is 0.388 e. The first kappa shape index (κ1) is 15.8. The Morgan fingerprint density at radius 3 is 2.47 bits per heavy atom. The zero-order valence-corrected chi connectivity index (χ0v) is 12.7. The second-order valence-corrected chi connectivity index (χ2v) is 5.82. The molecule has 1 atom stereocenters. The van der Waals surface area contributed by atoms with Gasteiger partial charge in [0.2, 0.25) is 0 Å². The van der Waals surface area contributed by atoms with Crippen LogP contribution in [0.25, 0.3) is 0 Å². The summed E-state index contributed by atoms with van der Waals surface area (Å²) in [5, 5.41) is 13.5. The molecule has 1 unspecified atom stereocenters. The fourth-order valence-corrected chi connectivity index (χ4v) is 1.64. The number of carbonyl (C=O) groups is 1. The van der Waals surface area contributed by atoms with Crippen molar-refractivity contribution in [1.29, 1.82) is 0 Å². The Morgan fingerprint density at radius 1 is 1.42 bits per heavy atom. The van der Waals surface area contributed by atoms with Crippen LogP contribution in [0.2, 0.25) is 5.02 Å². The van der Waals surface area contributed by atoms with Crippen LogP contribution in [0.5, 0.6) is 0 Å². The Morgan fingerprint density at radius 2 is 2.00 bits per heavy atom. The molecule has 5 heteroatoms. The molecule has 106 valence electrons. The molecule has 0 fully saturated rings. The monoisotopic (exact) mass is 284 g/mol. The zero-order chi connectivity index (χ0) is 14.8. The fraction of sp³-hybridized carbons (Fsp3) is 0.500. The van der Waals surface area contributed by atoms with Gasteiger partial charge in [0.05, 0.1) is 22.2 Å². The normalized spacial score (nSPS) is 13.0. The Bertz CT molecular complexity index is 467. The first-order valence-corrected chi connectivity index (χ1v) is 6.51. The lowest BCUT2D eigenvalue weighted by molar-refractivity contribution is 0.0649. The van der Waals surface area contributed by atoms with Crippen molar-refractivity contribution in [1.82, 2.24) is 4.90 Å². The SMILES string of the molecule is CC(Nc1ccc(Cl)c(C(=O)N(C)C)c1)C(C)(C)O. The Kier molecular flexibility index (Phi) is 4.82. The summed E-state index contributed by atoms with van der Waals surface area (Å²) < 4.78 is 0. The highest BCUT2D eigenvalue weighted by atomic mass is 35.5. The van der Waals surface area contributed by atoms with Gasteiger partial charge in [0.15, 0.2) is 0 Å². The number of amides is 1. The van der Waals surface area contributed by atoms with Gasteiger partial charge in [-0.15, -0.1) is 0 Å². The summed E-state index contributed by atoms with van der Waals surface area (Å²) >= 11 is 6.04. The van der Waals surface area contributed by atoms with E-state index in [1.807, 2.05) is 6.92 Å². The van der Waals surface area contributed by atoms with Crippen LogP contribution in [0.15, 0.2) is 18.2 Å². The van der Waals surface area contributed by atoms with Gasteiger partial charge in [-0.25, -0.2) is 0 Å². The molecule has 19 heavy (non-hydrogen) atoms. The van der Waals surface area contributed by atoms with Crippen molar-refractivity contribution in [3.63, 3.8) is 0 Å². The maximum Gasteiger partial charge on any atom is 0.254 e. The lowest BCUT2D eigenvalue weighted by atomic mass is 10.0. The van der Waals surface area contributed by atoms with E-state index in [0.29, 0.717) is 10.6 Å². The minimum absolute atomic E-state index is 0.149. The summed E-state index contributed by atoms with van der Waals surface area (Å²) in [6.07, 6.45) is 0. The number of nitrogens with zero attached hydrogens (tertiary/aromatic N) is 1. The van der Waals surface area contributed by atoms with Crippen molar-refractivity contribution in [2.45, 2.75) is 32.4 Å². The van der Waals surface area contributed by atoms with E-state index in [9.17, 15) is 9.90 Å². The summed E-state index contributed by atoms with van der Waals surface area (Å²) in [6, 6.07) is 5.01. The summed E-state index contributed by atoms with van der Waals surface area (Å²) in [6.45, 7) is 5.33. The fourth-order valence-electron chi connectivity index (χ4n) is 1.45. The van der Waals surface area contributed by atoms with Gasteiger partial charge in [-0.3, -0.25) is 4.79 Å². The lowest BCUT2D eigenvalue weighted by Gasteiger charge is -2.28. The number of anilines is 1. The number of carbonyl (C=O) groups excluding carboxylic acids is 1. The Balaban J connectivity index is 3.00. The van der Waals surface area contributed by atoms with E-state index in [0.717, 1.165) is 5.69 Å². The maximum absolute atomic E-state index is 12.0.